The van der Waals surface area contributed by atoms with E-state index in [0.29, 0.717) is 27.0 Å². The number of methoxy groups -OCH3 is 1. The SMILES string of the molecule is COCC(CBr)NC(=O)c1ccc(Cl)cc1Br. The highest BCUT2D eigenvalue weighted by Gasteiger charge is 2.14. The maximum absolute atomic E-state index is 12.0. The Morgan fingerprint density at radius 1 is 1.59 bits per heavy atom. The normalized spacial score (nSPS) is 12.2. The Morgan fingerprint density at radius 2 is 2.29 bits per heavy atom. The molecule has 0 saturated carbocycles. The largest absolute Gasteiger partial charge is 0.383 e. The van der Waals surface area contributed by atoms with Gasteiger partial charge in [-0.15, -0.1) is 0 Å². The minimum absolute atomic E-state index is 0.0601. The van der Waals surface area contributed by atoms with Gasteiger partial charge in [-0.05, 0) is 34.1 Å². The molecule has 1 amide bonds. The van der Waals surface area contributed by atoms with Gasteiger partial charge >= 0.3 is 0 Å². The van der Waals surface area contributed by atoms with Crippen LogP contribution >= 0.6 is 43.5 Å². The van der Waals surface area contributed by atoms with Crippen molar-refractivity contribution in [3.63, 3.8) is 0 Å². The Bertz CT molecular complexity index is 401. The van der Waals surface area contributed by atoms with Crippen molar-refractivity contribution in [1.82, 2.24) is 5.32 Å². The summed E-state index contributed by atoms with van der Waals surface area (Å²) < 4.78 is 5.68. The van der Waals surface area contributed by atoms with Gasteiger partial charge in [-0.25, -0.2) is 0 Å². The van der Waals surface area contributed by atoms with Gasteiger partial charge in [-0.2, -0.15) is 0 Å². The smallest absolute Gasteiger partial charge is 0.252 e. The Balaban J connectivity index is 2.75. The van der Waals surface area contributed by atoms with Crippen LogP contribution in [0.4, 0.5) is 0 Å². The summed E-state index contributed by atoms with van der Waals surface area (Å²) in [5.74, 6) is -0.157. The standard InChI is InChI=1S/C11H12Br2ClNO2/c1-17-6-8(5-12)15-11(16)9-3-2-7(14)4-10(9)13/h2-4,8H,5-6H2,1H3,(H,15,16). The number of hydrogen-bond acceptors (Lipinski definition) is 2. The minimum Gasteiger partial charge on any atom is -0.383 e. The molecule has 0 heterocycles. The molecule has 1 aromatic rings. The van der Waals surface area contributed by atoms with Crippen molar-refractivity contribution in [2.24, 2.45) is 0 Å². The lowest BCUT2D eigenvalue weighted by Gasteiger charge is -2.15. The molecule has 1 aromatic carbocycles. The number of alkyl halides is 1. The van der Waals surface area contributed by atoms with Crippen LogP contribution in [0.25, 0.3) is 0 Å². The fraction of sp³-hybridized carbons (Fsp3) is 0.364. The van der Waals surface area contributed by atoms with Gasteiger partial charge in [0.05, 0.1) is 18.2 Å². The van der Waals surface area contributed by atoms with E-state index in [9.17, 15) is 4.79 Å². The highest BCUT2D eigenvalue weighted by Crippen LogP contribution is 2.21. The lowest BCUT2D eigenvalue weighted by Crippen LogP contribution is -2.39. The lowest BCUT2D eigenvalue weighted by atomic mass is 10.2. The molecule has 17 heavy (non-hydrogen) atoms. The van der Waals surface area contributed by atoms with Crippen LogP contribution in [-0.4, -0.2) is 31.0 Å². The first-order valence-corrected chi connectivity index (χ1v) is 7.18. The second-order valence-corrected chi connectivity index (χ2v) is 5.34. The third kappa shape index (κ3) is 4.58. The number of carbonyl (C=O) groups is 1. The van der Waals surface area contributed by atoms with Crippen molar-refractivity contribution in [2.75, 3.05) is 19.0 Å². The molecule has 0 fully saturated rings. The average molecular weight is 385 g/mol. The van der Waals surface area contributed by atoms with Crippen molar-refractivity contribution in [3.8, 4) is 0 Å². The molecular weight excluding hydrogens is 373 g/mol. The van der Waals surface area contributed by atoms with Gasteiger partial charge in [-0.1, -0.05) is 27.5 Å². The lowest BCUT2D eigenvalue weighted by molar-refractivity contribution is 0.0907. The number of benzene rings is 1. The number of ether oxygens (including phenoxy) is 1. The molecule has 1 N–H and O–H groups in total. The van der Waals surface area contributed by atoms with Crippen LogP contribution in [0, 0.1) is 0 Å². The molecule has 0 bridgehead atoms. The van der Waals surface area contributed by atoms with Gasteiger partial charge in [0.1, 0.15) is 0 Å². The summed E-state index contributed by atoms with van der Waals surface area (Å²) in [4.78, 5) is 12.0. The summed E-state index contributed by atoms with van der Waals surface area (Å²) in [7, 11) is 1.60. The maximum atomic E-state index is 12.0. The van der Waals surface area contributed by atoms with E-state index in [1.165, 1.54) is 0 Å². The molecule has 1 atom stereocenters. The predicted molar refractivity (Wildman–Crippen MR) is 76.1 cm³/mol. The van der Waals surface area contributed by atoms with Gasteiger partial charge in [0.2, 0.25) is 0 Å². The number of rotatable bonds is 5. The summed E-state index contributed by atoms with van der Waals surface area (Å²) >= 11 is 12.4. The highest BCUT2D eigenvalue weighted by atomic mass is 79.9. The summed E-state index contributed by atoms with van der Waals surface area (Å²) in [6.45, 7) is 0.461. The molecular formula is C11H12Br2ClNO2. The van der Waals surface area contributed by atoms with Crippen molar-refractivity contribution >= 4 is 49.4 Å². The van der Waals surface area contributed by atoms with E-state index in [4.69, 9.17) is 16.3 Å². The molecule has 0 aliphatic rings. The Hall–Kier alpha value is -0.100. The van der Waals surface area contributed by atoms with Crippen LogP contribution in [0.15, 0.2) is 22.7 Å². The molecule has 0 radical (unpaired) electrons. The topological polar surface area (TPSA) is 38.3 Å². The summed E-state index contributed by atoms with van der Waals surface area (Å²) in [6.07, 6.45) is 0. The van der Waals surface area contributed by atoms with Gasteiger partial charge in [0.15, 0.2) is 0 Å². The van der Waals surface area contributed by atoms with Crippen molar-refractivity contribution < 1.29 is 9.53 Å². The maximum Gasteiger partial charge on any atom is 0.252 e. The molecule has 1 rings (SSSR count). The van der Waals surface area contributed by atoms with Gasteiger partial charge in [0, 0.05) is 21.9 Å². The third-order valence-electron chi connectivity index (χ3n) is 2.07. The van der Waals surface area contributed by atoms with Crippen LogP contribution in [0.3, 0.4) is 0 Å². The van der Waals surface area contributed by atoms with Crippen LogP contribution < -0.4 is 5.32 Å². The van der Waals surface area contributed by atoms with Gasteiger partial charge in [0.25, 0.3) is 5.91 Å². The molecule has 0 aliphatic heterocycles. The summed E-state index contributed by atoms with van der Waals surface area (Å²) in [5.41, 5.74) is 0.552. The molecule has 0 aliphatic carbocycles. The van der Waals surface area contributed by atoms with E-state index in [-0.39, 0.29) is 11.9 Å². The van der Waals surface area contributed by atoms with Crippen molar-refractivity contribution in [2.45, 2.75) is 6.04 Å². The third-order valence-corrected chi connectivity index (χ3v) is 3.74. The molecule has 6 heteroatoms. The quantitative estimate of drug-likeness (QED) is 0.791. The van der Waals surface area contributed by atoms with E-state index < -0.39 is 0 Å². The van der Waals surface area contributed by atoms with Crippen LogP contribution in [0.2, 0.25) is 5.02 Å². The summed E-state index contributed by atoms with van der Waals surface area (Å²) in [6, 6.07) is 4.99. The van der Waals surface area contributed by atoms with E-state index in [1.807, 2.05) is 0 Å². The average Bonchev–Trinajstić information content (AvgIpc) is 2.28. The second kappa shape index (κ2) is 7.36. The van der Waals surface area contributed by atoms with Crippen molar-refractivity contribution in [3.05, 3.63) is 33.3 Å². The first kappa shape index (κ1) is 15.0. The van der Waals surface area contributed by atoms with Gasteiger partial charge < -0.3 is 10.1 Å². The van der Waals surface area contributed by atoms with Crippen LogP contribution in [0.1, 0.15) is 10.4 Å². The first-order chi connectivity index (χ1) is 8.08. The van der Waals surface area contributed by atoms with E-state index in [0.717, 1.165) is 0 Å². The highest BCUT2D eigenvalue weighted by molar-refractivity contribution is 9.10. The number of halogens is 3. The molecule has 0 aromatic heterocycles. The monoisotopic (exact) mass is 383 g/mol. The number of carbonyl (C=O) groups excluding carboxylic acids is 1. The number of amides is 1. The fourth-order valence-corrected chi connectivity index (χ4v) is 2.47. The Morgan fingerprint density at radius 3 is 2.82 bits per heavy atom. The Labute approximate surface area is 122 Å². The number of hydrogen-bond donors (Lipinski definition) is 1. The second-order valence-electron chi connectivity index (χ2n) is 3.40. The zero-order chi connectivity index (χ0) is 12.8. The Kier molecular flexibility index (Phi) is 6.48. The van der Waals surface area contributed by atoms with E-state index in [1.54, 1.807) is 25.3 Å². The van der Waals surface area contributed by atoms with Gasteiger partial charge in [-0.3, -0.25) is 4.79 Å². The summed E-state index contributed by atoms with van der Waals surface area (Å²) in [5, 5.41) is 4.08. The zero-order valence-electron chi connectivity index (χ0n) is 9.17. The molecule has 0 spiro atoms. The van der Waals surface area contributed by atoms with E-state index in [2.05, 4.69) is 37.2 Å². The van der Waals surface area contributed by atoms with Crippen molar-refractivity contribution in [1.29, 1.82) is 0 Å². The molecule has 94 valence electrons. The predicted octanol–water partition coefficient (Wildman–Crippen LogP) is 3.24. The molecule has 3 nitrogen and oxygen atoms in total. The number of nitrogens with one attached hydrogen (secondary N) is 1. The zero-order valence-corrected chi connectivity index (χ0v) is 13.1. The minimum atomic E-state index is -0.157. The fourth-order valence-electron chi connectivity index (χ4n) is 1.26. The van der Waals surface area contributed by atoms with Crippen LogP contribution in [0.5, 0.6) is 0 Å². The molecule has 1 unspecified atom stereocenters. The van der Waals surface area contributed by atoms with E-state index >= 15 is 0 Å². The molecule has 0 saturated heterocycles. The van der Waals surface area contributed by atoms with Crippen LogP contribution in [-0.2, 0) is 4.74 Å². The first-order valence-electron chi connectivity index (χ1n) is 4.89.